The normalized spacial score (nSPS) is 13.9. The van der Waals surface area contributed by atoms with Gasteiger partial charge in [0.2, 0.25) is 0 Å². The number of nitrogens with zero attached hydrogens (tertiary/aromatic N) is 1. The summed E-state index contributed by atoms with van der Waals surface area (Å²) in [6, 6.07) is 15.1. The molecule has 190 valence electrons. The predicted octanol–water partition coefficient (Wildman–Crippen LogP) is 5.43. The van der Waals surface area contributed by atoms with Crippen LogP contribution in [-0.2, 0) is 4.79 Å². The lowest BCUT2D eigenvalue weighted by atomic mass is 9.89. The molecule has 0 saturated heterocycles. The Bertz CT molecular complexity index is 1220. The third kappa shape index (κ3) is 7.27. The van der Waals surface area contributed by atoms with Gasteiger partial charge in [-0.05, 0) is 41.7 Å². The molecule has 0 unspecified atom stereocenters. The number of halogens is 3. The zero-order valence-corrected chi connectivity index (χ0v) is 19.3. The molecule has 1 saturated carbocycles. The summed E-state index contributed by atoms with van der Waals surface area (Å²) in [6.07, 6.45) is 4.10. The number of rotatable bonds is 5. The Morgan fingerprint density at radius 1 is 0.917 bits per heavy atom. The summed E-state index contributed by atoms with van der Waals surface area (Å²) in [7, 11) is 0. The van der Waals surface area contributed by atoms with E-state index in [4.69, 9.17) is 9.90 Å². The molecule has 7 nitrogen and oxygen atoms in total. The molecular formula is C26H26F3N3O4. The molecule has 0 aliphatic heterocycles. The highest BCUT2D eigenvalue weighted by molar-refractivity contribution is 6.14. The molecule has 0 radical (unpaired) electrons. The second kappa shape index (κ2) is 12.1. The van der Waals surface area contributed by atoms with E-state index < -0.39 is 12.1 Å². The molecule has 0 bridgehead atoms. The fraction of sp³-hybridized carbons (Fsp3) is 0.308. The van der Waals surface area contributed by atoms with Gasteiger partial charge >= 0.3 is 12.1 Å². The topological polar surface area (TPSA) is 108 Å². The largest absolute Gasteiger partial charge is 0.490 e. The van der Waals surface area contributed by atoms with Crippen molar-refractivity contribution in [3.8, 4) is 0 Å². The molecule has 3 aromatic rings. The van der Waals surface area contributed by atoms with Crippen LogP contribution in [0.1, 0.15) is 52.8 Å². The van der Waals surface area contributed by atoms with Crippen molar-refractivity contribution < 1.29 is 32.7 Å². The quantitative estimate of drug-likeness (QED) is 0.432. The number of amides is 2. The Morgan fingerprint density at radius 2 is 1.58 bits per heavy atom. The molecule has 36 heavy (non-hydrogen) atoms. The molecule has 1 heterocycles. The van der Waals surface area contributed by atoms with Crippen molar-refractivity contribution in [1.29, 1.82) is 0 Å². The average molecular weight is 502 g/mol. The van der Waals surface area contributed by atoms with E-state index in [0.29, 0.717) is 29.3 Å². The number of nitrogens with one attached hydrogen (secondary N) is 2. The second-order valence-electron chi connectivity index (χ2n) is 8.42. The monoisotopic (exact) mass is 501 g/mol. The van der Waals surface area contributed by atoms with Crippen molar-refractivity contribution in [3.63, 3.8) is 0 Å². The smallest absolute Gasteiger partial charge is 0.475 e. The van der Waals surface area contributed by atoms with Crippen molar-refractivity contribution in [2.45, 2.75) is 38.3 Å². The minimum Gasteiger partial charge on any atom is -0.475 e. The molecule has 2 aromatic carbocycles. The van der Waals surface area contributed by atoms with Gasteiger partial charge < -0.3 is 15.7 Å². The van der Waals surface area contributed by atoms with Crippen LogP contribution in [-0.4, -0.2) is 40.6 Å². The van der Waals surface area contributed by atoms with Gasteiger partial charge in [0, 0.05) is 24.5 Å². The van der Waals surface area contributed by atoms with Gasteiger partial charge in [0.1, 0.15) is 0 Å². The maximum absolute atomic E-state index is 12.9. The minimum atomic E-state index is -5.08. The van der Waals surface area contributed by atoms with Crippen LogP contribution in [0.5, 0.6) is 0 Å². The first-order valence-electron chi connectivity index (χ1n) is 11.5. The van der Waals surface area contributed by atoms with Gasteiger partial charge in [0.15, 0.2) is 0 Å². The van der Waals surface area contributed by atoms with Gasteiger partial charge in [-0.3, -0.25) is 14.6 Å². The zero-order valence-electron chi connectivity index (χ0n) is 19.3. The van der Waals surface area contributed by atoms with Gasteiger partial charge in [-0.2, -0.15) is 13.2 Å². The number of carboxylic acid groups (broad SMARTS) is 1. The third-order valence-corrected chi connectivity index (χ3v) is 5.87. The molecule has 1 aromatic heterocycles. The first-order chi connectivity index (χ1) is 17.2. The Balaban J connectivity index is 0.000000454. The molecule has 2 amide bonds. The molecule has 4 rings (SSSR count). The highest BCUT2D eigenvalue weighted by Crippen LogP contribution is 2.24. The van der Waals surface area contributed by atoms with Crippen LogP contribution in [0.3, 0.4) is 0 Å². The number of hydrogen-bond acceptors (Lipinski definition) is 4. The molecule has 1 fully saturated rings. The number of benzene rings is 2. The van der Waals surface area contributed by atoms with Crippen LogP contribution in [0.15, 0.2) is 60.9 Å². The van der Waals surface area contributed by atoms with Crippen molar-refractivity contribution in [2.75, 3.05) is 11.9 Å². The van der Waals surface area contributed by atoms with Crippen LogP contribution < -0.4 is 10.6 Å². The number of fused-ring (bicyclic) bond motifs is 1. The van der Waals surface area contributed by atoms with Gasteiger partial charge in [-0.1, -0.05) is 55.7 Å². The molecule has 3 N–H and O–H groups in total. The summed E-state index contributed by atoms with van der Waals surface area (Å²) in [5.74, 6) is -2.66. The van der Waals surface area contributed by atoms with Gasteiger partial charge in [0.05, 0.1) is 11.3 Å². The van der Waals surface area contributed by atoms with Crippen molar-refractivity contribution in [3.05, 3.63) is 72.1 Å². The van der Waals surface area contributed by atoms with Crippen LogP contribution in [0.4, 0.5) is 18.9 Å². The van der Waals surface area contributed by atoms with Crippen molar-refractivity contribution in [1.82, 2.24) is 10.3 Å². The summed E-state index contributed by atoms with van der Waals surface area (Å²) >= 11 is 0. The highest BCUT2D eigenvalue weighted by atomic mass is 19.4. The molecule has 0 atom stereocenters. The lowest BCUT2D eigenvalue weighted by Crippen LogP contribution is -2.31. The fourth-order valence-electron chi connectivity index (χ4n) is 4.02. The Kier molecular flexibility index (Phi) is 8.99. The summed E-state index contributed by atoms with van der Waals surface area (Å²) < 4.78 is 31.7. The van der Waals surface area contributed by atoms with E-state index in [1.807, 2.05) is 36.4 Å². The summed E-state index contributed by atoms with van der Waals surface area (Å²) in [5, 5.41) is 14.9. The summed E-state index contributed by atoms with van der Waals surface area (Å²) in [5.41, 5.74) is 1.43. The van der Waals surface area contributed by atoms with Gasteiger partial charge in [0.25, 0.3) is 11.8 Å². The first kappa shape index (κ1) is 26.7. The summed E-state index contributed by atoms with van der Waals surface area (Å²) in [4.78, 5) is 38.7. The minimum absolute atomic E-state index is 0.197. The van der Waals surface area contributed by atoms with E-state index >= 15 is 0 Å². The molecule has 0 spiro atoms. The van der Waals surface area contributed by atoms with E-state index in [1.54, 1.807) is 18.3 Å². The van der Waals surface area contributed by atoms with E-state index in [2.05, 4.69) is 15.6 Å². The Labute approximate surface area is 205 Å². The second-order valence-corrected chi connectivity index (χ2v) is 8.42. The number of carboxylic acids is 1. The lowest BCUT2D eigenvalue weighted by Gasteiger charge is -2.22. The Morgan fingerprint density at radius 3 is 2.28 bits per heavy atom. The number of anilines is 1. The van der Waals surface area contributed by atoms with E-state index in [-0.39, 0.29) is 11.8 Å². The number of carbonyl (C=O) groups excluding carboxylic acids is 2. The van der Waals surface area contributed by atoms with Crippen LogP contribution >= 0.6 is 0 Å². The first-order valence-corrected chi connectivity index (χ1v) is 11.5. The van der Waals surface area contributed by atoms with Crippen molar-refractivity contribution >= 4 is 34.2 Å². The molecule has 10 heteroatoms. The molecule has 1 aliphatic rings. The number of pyridine rings is 1. The van der Waals surface area contributed by atoms with E-state index in [0.717, 1.165) is 23.6 Å². The number of carbonyl (C=O) groups is 3. The number of hydrogen-bond donors (Lipinski definition) is 3. The standard InChI is InChI=1S/C24H25N3O2.C2HF3O2/c28-23(26-15-17-7-2-1-3-8-17)21-16-25-14-13-22(21)27-24(29)20-12-6-10-18-9-4-5-11-19(18)20;3-2(4,5)1(6)7/h4-6,9-14,16-17H,1-3,7-8,15H2,(H,26,28)(H,25,27,29);(H,6,7). The van der Waals surface area contributed by atoms with Crippen LogP contribution in [0.25, 0.3) is 10.8 Å². The number of aliphatic carboxylic acids is 1. The number of alkyl halides is 3. The Hall–Kier alpha value is -3.95. The van der Waals surface area contributed by atoms with E-state index in [1.165, 1.54) is 25.5 Å². The maximum atomic E-state index is 12.9. The predicted molar refractivity (Wildman–Crippen MR) is 129 cm³/mol. The van der Waals surface area contributed by atoms with E-state index in [9.17, 15) is 22.8 Å². The molecular weight excluding hydrogens is 475 g/mol. The molecule has 1 aliphatic carbocycles. The highest BCUT2D eigenvalue weighted by Gasteiger charge is 2.38. The maximum Gasteiger partial charge on any atom is 0.490 e. The lowest BCUT2D eigenvalue weighted by molar-refractivity contribution is -0.192. The SMILES string of the molecule is O=C(NCC1CCCCC1)c1cnccc1NC(=O)c1cccc2ccccc12.O=C(O)C(F)(F)F. The van der Waals surface area contributed by atoms with Gasteiger partial charge in [-0.15, -0.1) is 0 Å². The van der Waals surface area contributed by atoms with Crippen LogP contribution in [0.2, 0.25) is 0 Å². The van der Waals surface area contributed by atoms with Gasteiger partial charge in [-0.25, -0.2) is 4.79 Å². The average Bonchev–Trinajstić information content (AvgIpc) is 2.87. The van der Waals surface area contributed by atoms with Crippen LogP contribution in [0, 0.1) is 5.92 Å². The zero-order chi connectivity index (χ0) is 26.1. The third-order valence-electron chi connectivity index (χ3n) is 5.87. The number of aromatic nitrogens is 1. The summed E-state index contributed by atoms with van der Waals surface area (Å²) in [6.45, 7) is 0.671. The fourth-order valence-corrected chi connectivity index (χ4v) is 4.02. The van der Waals surface area contributed by atoms with Crippen molar-refractivity contribution in [2.24, 2.45) is 5.92 Å².